The lowest BCUT2D eigenvalue weighted by Crippen LogP contribution is -2.25. The molecular formula is C21H13ClF6O2. The van der Waals surface area contributed by atoms with Crippen molar-refractivity contribution >= 4 is 29.2 Å². The topological polar surface area (TPSA) is 34.1 Å². The Kier molecular flexibility index (Phi) is 5.82. The molecule has 0 amide bonds. The van der Waals surface area contributed by atoms with Gasteiger partial charge in [-0.3, -0.25) is 9.59 Å². The predicted molar refractivity (Wildman–Crippen MR) is 97.9 cm³/mol. The minimum absolute atomic E-state index is 0.0157. The van der Waals surface area contributed by atoms with E-state index in [0.717, 1.165) is 0 Å². The number of hydrogen-bond donors (Lipinski definition) is 0. The van der Waals surface area contributed by atoms with E-state index in [1.54, 1.807) is 24.3 Å². The van der Waals surface area contributed by atoms with Crippen molar-refractivity contribution in [1.29, 1.82) is 0 Å². The lowest BCUT2D eigenvalue weighted by Gasteiger charge is -2.24. The molecule has 1 aliphatic carbocycles. The van der Waals surface area contributed by atoms with Crippen molar-refractivity contribution in [3.05, 3.63) is 75.3 Å². The molecule has 1 fully saturated rings. The average Bonchev–Trinajstić information content (AvgIpc) is 2.64. The molecular weight excluding hydrogens is 434 g/mol. The first-order valence-corrected chi connectivity index (χ1v) is 9.05. The zero-order valence-corrected chi connectivity index (χ0v) is 15.8. The highest BCUT2D eigenvalue weighted by molar-refractivity contribution is 6.30. The first-order valence-electron chi connectivity index (χ1n) is 8.67. The molecule has 0 spiro atoms. The van der Waals surface area contributed by atoms with Gasteiger partial charge in [0.1, 0.15) is 0 Å². The maximum Gasteiger partial charge on any atom is 0.416 e. The molecule has 3 rings (SSSR count). The summed E-state index contributed by atoms with van der Waals surface area (Å²) >= 11 is 5.77. The first-order chi connectivity index (χ1) is 13.8. The number of ketones is 2. The van der Waals surface area contributed by atoms with Crippen LogP contribution >= 0.6 is 11.6 Å². The number of allylic oxidation sites excluding steroid dienone is 1. The summed E-state index contributed by atoms with van der Waals surface area (Å²) < 4.78 is 78.4. The fraction of sp³-hybridized carbons (Fsp3) is 0.238. The van der Waals surface area contributed by atoms with Crippen molar-refractivity contribution in [2.24, 2.45) is 0 Å². The standard InChI is InChI=1S/C21H13ClF6O2/c22-16-3-1-11(2-4-16)5-17-18(29)8-13(9-19(17)30)12-6-14(20(23,24)25)10-15(7-12)21(26,27)28/h1-7,10,13H,8-9H2. The van der Waals surface area contributed by atoms with Gasteiger partial charge < -0.3 is 0 Å². The van der Waals surface area contributed by atoms with Crippen LogP contribution in [0.25, 0.3) is 6.08 Å². The molecule has 2 aromatic rings. The van der Waals surface area contributed by atoms with Gasteiger partial charge in [-0.15, -0.1) is 0 Å². The normalized spacial score (nSPS) is 18.0. The summed E-state index contributed by atoms with van der Waals surface area (Å²) in [7, 11) is 0. The molecule has 30 heavy (non-hydrogen) atoms. The molecule has 1 aliphatic rings. The van der Waals surface area contributed by atoms with Crippen LogP contribution in [0.3, 0.4) is 0 Å². The molecule has 0 saturated heterocycles. The number of rotatable bonds is 2. The van der Waals surface area contributed by atoms with E-state index in [4.69, 9.17) is 11.6 Å². The summed E-state index contributed by atoms with van der Waals surface area (Å²) in [6.07, 6.45) is -9.41. The Labute approximate surface area is 172 Å². The number of benzene rings is 2. The fourth-order valence-corrected chi connectivity index (χ4v) is 3.36. The summed E-state index contributed by atoms with van der Waals surface area (Å²) in [5, 5.41) is 0.448. The monoisotopic (exact) mass is 446 g/mol. The zero-order valence-electron chi connectivity index (χ0n) is 15.1. The number of hydrogen-bond acceptors (Lipinski definition) is 2. The van der Waals surface area contributed by atoms with Gasteiger partial charge in [-0.05, 0) is 53.5 Å². The summed E-state index contributed by atoms with van der Waals surface area (Å²) in [5.74, 6) is -2.36. The van der Waals surface area contributed by atoms with E-state index >= 15 is 0 Å². The molecule has 0 heterocycles. The molecule has 158 valence electrons. The quantitative estimate of drug-likeness (QED) is 0.301. The summed E-state index contributed by atoms with van der Waals surface area (Å²) in [6.45, 7) is 0. The number of carbonyl (C=O) groups is 2. The van der Waals surface area contributed by atoms with Crippen LogP contribution < -0.4 is 0 Å². The van der Waals surface area contributed by atoms with E-state index in [0.29, 0.717) is 22.7 Å². The molecule has 0 N–H and O–H groups in total. The van der Waals surface area contributed by atoms with Crippen LogP contribution in [-0.2, 0) is 21.9 Å². The summed E-state index contributed by atoms with van der Waals surface area (Å²) in [5.41, 5.74) is -2.92. The second-order valence-electron chi connectivity index (χ2n) is 6.90. The lowest BCUT2D eigenvalue weighted by atomic mass is 9.78. The highest BCUT2D eigenvalue weighted by Crippen LogP contribution is 2.40. The van der Waals surface area contributed by atoms with E-state index in [9.17, 15) is 35.9 Å². The maximum absolute atomic E-state index is 13.1. The van der Waals surface area contributed by atoms with Crippen LogP contribution in [0.15, 0.2) is 48.0 Å². The Morgan fingerprint density at radius 2 is 1.27 bits per heavy atom. The van der Waals surface area contributed by atoms with Gasteiger partial charge in [0.15, 0.2) is 11.6 Å². The average molecular weight is 447 g/mol. The van der Waals surface area contributed by atoms with Gasteiger partial charge >= 0.3 is 12.4 Å². The van der Waals surface area contributed by atoms with Crippen LogP contribution in [0.1, 0.15) is 41.0 Å². The van der Waals surface area contributed by atoms with Crippen LogP contribution in [-0.4, -0.2) is 11.6 Å². The van der Waals surface area contributed by atoms with Gasteiger partial charge in [0.05, 0.1) is 16.7 Å². The third kappa shape index (κ3) is 4.92. The van der Waals surface area contributed by atoms with Gasteiger partial charge in [-0.2, -0.15) is 26.3 Å². The molecule has 0 aromatic heterocycles. The van der Waals surface area contributed by atoms with Crippen LogP contribution in [0.2, 0.25) is 5.02 Å². The predicted octanol–water partition coefficient (Wildman–Crippen LogP) is 6.48. The van der Waals surface area contributed by atoms with E-state index in [-0.39, 0.29) is 30.0 Å². The number of alkyl halides is 6. The van der Waals surface area contributed by atoms with E-state index in [1.807, 2.05) is 0 Å². The third-order valence-electron chi connectivity index (χ3n) is 4.73. The molecule has 0 radical (unpaired) electrons. The molecule has 0 aliphatic heterocycles. The number of halogens is 7. The van der Waals surface area contributed by atoms with Gasteiger partial charge in [-0.25, -0.2) is 0 Å². The summed E-state index contributed by atoms with van der Waals surface area (Å²) in [6, 6.07) is 7.39. The van der Waals surface area contributed by atoms with E-state index in [2.05, 4.69) is 0 Å². The maximum atomic E-state index is 13.1. The zero-order chi connectivity index (χ0) is 22.3. The van der Waals surface area contributed by atoms with Crippen molar-refractivity contribution in [3.8, 4) is 0 Å². The Balaban J connectivity index is 1.94. The molecule has 9 heteroatoms. The Bertz CT molecular complexity index is 967. The third-order valence-corrected chi connectivity index (χ3v) is 4.98. The van der Waals surface area contributed by atoms with Gasteiger partial charge in [-0.1, -0.05) is 23.7 Å². The van der Waals surface area contributed by atoms with E-state index in [1.165, 1.54) is 6.08 Å². The highest BCUT2D eigenvalue weighted by Gasteiger charge is 2.39. The Morgan fingerprint density at radius 1 is 0.800 bits per heavy atom. The molecule has 0 unspecified atom stereocenters. The molecule has 2 aromatic carbocycles. The smallest absolute Gasteiger partial charge is 0.294 e. The van der Waals surface area contributed by atoms with Crippen LogP contribution in [0.4, 0.5) is 26.3 Å². The minimum Gasteiger partial charge on any atom is -0.294 e. The molecule has 0 bridgehead atoms. The first kappa shape index (κ1) is 22.1. The largest absolute Gasteiger partial charge is 0.416 e. The van der Waals surface area contributed by atoms with Gasteiger partial charge in [0.2, 0.25) is 0 Å². The molecule has 0 atom stereocenters. The fourth-order valence-electron chi connectivity index (χ4n) is 3.23. The van der Waals surface area contributed by atoms with Crippen molar-refractivity contribution in [3.63, 3.8) is 0 Å². The Hall–Kier alpha value is -2.61. The van der Waals surface area contributed by atoms with Gasteiger partial charge in [0, 0.05) is 17.9 Å². The van der Waals surface area contributed by atoms with Crippen molar-refractivity contribution in [2.75, 3.05) is 0 Å². The second kappa shape index (κ2) is 7.91. The minimum atomic E-state index is -5.00. The van der Waals surface area contributed by atoms with E-state index < -0.39 is 41.0 Å². The lowest BCUT2D eigenvalue weighted by molar-refractivity contribution is -0.143. The number of Topliss-reactive ketones (excluding diaryl/α,β-unsaturated/α-hetero) is 2. The SMILES string of the molecule is O=C1CC(c2cc(C(F)(F)F)cc(C(F)(F)F)c2)CC(=O)C1=Cc1ccc(Cl)cc1. The Morgan fingerprint density at radius 3 is 1.70 bits per heavy atom. The summed E-state index contributed by atoms with van der Waals surface area (Å²) in [4.78, 5) is 24.9. The highest BCUT2D eigenvalue weighted by atomic mass is 35.5. The van der Waals surface area contributed by atoms with Crippen LogP contribution in [0.5, 0.6) is 0 Å². The van der Waals surface area contributed by atoms with Crippen LogP contribution in [0, 0.1) is 0 Å². The number of carbonyl (C=O) groups excluding carboxylic acids is 2. The van der Waals surface area contributed by atoms with Crippen molar-refractivity contribution in [1.82, 2.24) is 0 Å². The van der Waals surface area contributed by atoms with Crippen molar-refractivity contribution in [2.45, 2.75) is 31.1 Å². The van der Waals surface area contributed by atoms with Gasteiger partial charge in [0.25, 0.3) is 0 Å². The second-order valence-corrected chi connectivity index (χ2v) is 7.34. The molecule has 2 nitrogen and oxygen atoms in total. The molecule has 1 saturated carbocycles. The van der Waals surface area contributed by atoms with Crippen molar-refractivity contribution < 1.29 is 35.9 Å².